The van der Waals surface area contributed by atoms with Crippen molar-refractivity contribution in [3.63, 3.8) is 0 Å². The van der Waals surface area contributed by atoms with Crippen molar-refractivity contribution < 1.29 is 13.2 Å². The number of sulfonamides is 1. The first-order chi connectivity index (χ1) is 11.8. The summed E-state index contributed by atoms with van der Waals surface area (Å²) in [6, 6.07) is 13.0. The molecule has 25 heavy (non-hydrogen) atoms. The Morgan fingerprint density at radius 1 is 1.20 bits per heavy atom. The minimum Gasteiger partial charge on any atom is -0.308 e. The lowest BCUT2D eigenvalue weighted by molar-refractivity contribution is -0.117. The molecule has 0 radical (unpaired) electrons. The third-order valence-corrected chi connectivity index (χ3v) is 6.07. The number of benzene rings is 2. The molecule has 1 atom stereocenters. The van der Waals surface area contributed by atoms with Gasteiger partial charge in [0.25, 0.3) is 0 Å². The lowest BCUT2D eigenvalue weighted by atomic mass is 10.1. The van der Waals surface area contributed by atoms with Gasteiger partial charge >= 0.3 is 0 Å². The van der Waals surface area contributed by atoms with Crippen molar-refractivity contribution in [1.29, 1.82) is 0 Å². The van der Waals surface area contributed by atoms with Gasteiger partial charge in [-0.2, -0.15) is 0 Å². The fourth-order valence-electron chi connectivity index (χ4n) is 3.26. The zero-order valence-electron chi connectivity index (χ0n) is 14.6. The highest BCUT2D eigenvalue weighted by Crippen LogP contribution is 2.31. The number of carbonyl (C=O) groups is 1. The van der Waals surface area contributed by atoms with Crippen LogP contribution in [0.25, 0.3) is 0 Å². The molecular weight excluding hydrogens is 336 g/mol. The van der Waals surface area contributed by atoms with Gasteiger partial charge in [0.2, 0.25) is 15.9 Å². The van der Waals surface area contributed by atoms with Crippen LogP contribution in [0.5, 0.6) is 0 Å². The molecule has 5 nitrogen and oxygen atoms in total. The molecular formula is C19H22N2O3S. The Kier molecular flexibility index (Phi) is 4.67. The van der Waals surface area contributed by atoms with Gasteiger partial charge in [-0.3, -0.25) is 4.79 Å². The van der Waals surface area contributed by atoms with Crippen molar-refractivity contribution in [2.75, 3.05) is 11.4 Å². The molecule has 0 fully saturated rings. The highest BCUT2D eigenvalue weighted by molar-refractivity contribution is 7.89. The maximum atomic E-state index is 12.6. The van der Waals surface area contributed by atoms with Crippen LogP contribution in [0.15, 0.2) is 47.4 Å². The van der Waals surface area contributed by atoms with Crippen LogP contribution in [0.1, 0.15) is 23.6 Å². The standard InChI is InChI=1S/C19H22N2O3S/c1-13-8-9-14(2)18(10-13)25(23,24)20-12-19(22)21-15(3)11-16-6-4-5-7-17(16)21/h4-10,15,20H,11-12H2,1-3H3. The molecule has 0 aliphatic carbocycles. The molecule has 1 amide bonds. The Labute approximate surface area is 148 Å². The smallest absolute Gasteiger partial charge is 0.242 e. The summed E-state index contributed by atoms with van der Waals surface area (Å²) in [6.45, 7) is 5.30. The monoisotopic (exact) mass is 358 g/mol. The van der Waals surface area contributed by atoms with E-state index >= 15 is 0 Å². The molecule has 1 heterocycles. The normalized spacial score (nSPS) is 16.8. The van der Waals surface area contributed by atoms with Crippen molar-refractivity contribution in [2.45, 2.75) is 38.1 Å². The number of carbonyl (C=O) groups excluding carboxylic acids is 1. The summed E-state index contributed by atoms with van der Waals surface area (Å²) in [4.78, 5) is 14.5. The summed E-state index contributed by atoms with van der Waals surface area (Å²) < 4.78 is 27.6. The predicted molar refractivity (Wildman–Crippen MR) is 98.2 cm³/mol. The number of aryl methyl sites for hydroxylation is 2. The van der Waals surface area contributed by atoms with Gasteiger partial charge in [0.05, 0.1) is 11.4 Å². The minimum absolute atomic E-state index is 0.0232. The topological polar surface area (TPSA) is 66.5 Å². The number of rotatable bonds is 4. The number of nitrogens with one attached hydrogen (secondary N) is 1. The average Bonchev–Trinajstić information content (AvgIpc) is 2.90. The molecule has 2 aromatic rings. The quantitative estimate of drug-likeness (QED) is 0.913. The van der Waals surface area contributed by atoms with Crippen LogP contribution >= 0.6 is 0 Å². The molecule has 1 unspecified atom stereocenters. The van der Waals surface area contributed by atoms with Crippen LogP contribution in [-0.2, 0) is 21.2 Å². The third kappa shape index (κ3) is 3.45. The fourth-order valence-corrected chi connectivity index (χ4v) is 4.56. The van der Waals surface area contributed by atoms with Crippen LogP contribution in [0.3, 0.4) is 0 Å². The lowest BCUT2D eigenvalue weighted by Gasteiger charge is -2.23. The first-order valence-electron chi connectivity index (χ1n) is 8.26. The van der Waals surface area contributed by atoms with E-state index < -0.39 is 10.0 Å². The maximum absolute atomic E-state index is 12.6. The molecule has 0 aromatic heterocycles. The van der Waals surface area contributed by atoms with Crippen LogP contribution in [0.4, 0.5) is 5.69 Å². The van der Waals surface area contributed by atoms with E-state index in [1.807, 2.05) is 44.2 Å². The van der Waals surface area contributed by atoms with Crippen LogP contribution in [0.2, 0.25) is 0 Å². The van der Waals surface area contributed by atoms with Gasteiger partial charge in [-0.1, -0.05) is 30.3 Å². The zero-order chi connectivity index (χ0) is 18.2. The van der Waals surface area contributed by atoms with Crippen LogP contribution in [0, 0.1) is 13.8 Å². The first-order valence-corrected chi connectivity index (χ1v) is 9.75. The molecule has 0 saturated carbocycles. The molecule has 132 valence electrons. The lowest BCUT2D eigenvalue weighted by Crippen LogP contribution is -2.43. The Bertz CT molecular complexity index is 922. The maximum Gasteiger partial charge on any atom is 0.242 e. The van der Waals surface area contributed by atoms with Gasteiger partial charge < -0.3 is 4.90 Å². The van der Waals surface area contributed by atoms with E-state index in [0.29, 0.717) is 5.56 Å². The molecule has 1 N–H and O–H groups in total. The van der Waals surface area contributed by atoms with Crippen LogP contribution < -0.4 is 9.62 Å². The highest BCUT2D eigenvalue weighted by Gasteiger charge is 2.31. The average molecular weight is 358 g/mol. The van der Waals surface area contributed by atoms with Crippen LogP contribution in [-0.4, -0.2) is 26.9 Å². The van der Waals surface area contributed by atoms with E-state index in [1.165, 1.54) is 0 Å². The molecule has 2 aromatic carbocycles. The molecule has 3 rings (SSSR count). The van der Waals surface area contributed by atoms with E-state index in [0.717, 1.165) is 23.2 Å². The van der Waals surface area contributed by atoms with Gasteiger partial charge in [0.1, 0.15) is 0 Å². The van der Waals surface area contributed by atoms with Crippen molar-refractivity contribution in [3.8, 4) is 0 Å². The van der Waals surface area contributed by atoms with Crippen molar-refractivity contribution in [3.05, 3.63) is 59.2 Å². The molecule has 1 aliphatic heterocycles. The summed E-state index contributed by atoms with van der Waals surface area (Å²) in [5.74, 6) is -0.244. The van der Waals surface area contributed by atoms with E-state index in [2.05, 4.69) is 4.72 Å². The third-order valence-electron chi connectivity index (χ3n) is 4.52. The molecule has 1 aliphatic rings. The molecule has 0 spiro atoms. The summed E-state index contributed by atoms with van der Waals surface area (Å²) in [7, 11) is -3.73. The van der Waals surface area contributed by atoms with Gasteiger partial charge in [-0.05, 0) is 56.0 Å². The van der Waals surface area contributed by atoms with Gasteiger partial charge in [0.15, 0.2) is 0 Å². The van der Waals surface area contributed by atoms with E-state index in [1.54, 1.807) is 24.0 Å². The Balaban J connectivity index is 1.77. The fraction of sp³-hybridized carbons (Fsp3) is 0.316. The second kappa shape index (κ2) is 6.61. The number of fused-ring (bicyclic) bond motifs is 1. The van der Waals surface area contributed by atoms with Gasteiger partial charge in [-0.25, -0.2) is 13.1 Å². The number of nitrogens with zero attached hydrogens (tertiary/aromatic N) is 1. The van der Waals surface area contributed by atoms with Crippen molar-refractivity contribution >= 4 is 21.6 Å². The second-order valence-corrected chi connectivity index (χ2v) is 8.27. The summed E-state index contributed by atoms with van der Waals surface area (Å²) in [5.41, 5.74) is 3.50. The molecule has 0 bridgehead atoms. The largest absolute Gasteiger partial charge is 0.308 e. The summed E-state index contributed by atoms with van der Waals surface area (Å²) in [6.07, 6.45) is 0.783. The number of hydrogen-bond donors (Lipinski definition) is 1. The van der Waals surface area contributed by atoms with Gasteiger partial charge in [-0.15, -0.1) is 0 Å². The molecule has 6 heteroatoms. The van der Waals surface area contributed by atoms with Gasteiger partial charge in [0, 0.05) is 11.7 Å². The van der Waals surface area contributed by atoms with E-state index in [4.69, 9.17) is 0 Å². The minimum atomic E-state index is -3.73. The van der Waals surface area contributed by atoms with Crippen molar-refractivity contribution in [1.82, 2.24) is 4.72 Å². The molecule has 0 saturated heterocycles. The Morgan fingerprint density at radius 3 is 2.68 bits per heavy atom. The first kappa shape index (κ1) is 17.6. The Hall–Kier alpha value is -2.18. The number of amides is 1. The SMILES string of the molecule is Cc1ccc(C)c(S(=O)(=O)NCC(=O)N2c3ccccc3CC2C)c1. The number of anilines is 1. The van der Waals surface area contributed by atoms with E-state index in [9.17, 15) is 13.2 Å². The van der Waals surface area contributed by atoms with E-state index in [-0.39, 0.29) is 23.4 Å². The summed E-state index contributed by atoms with van der Waals surface area (Å²) in [5, 5.41) is 0. The predicted octanol–water partition coefficient (Wildman–Crippen LogP) is 2.56. The second-order valence-electron chi connectivity index (χ2n) is 6.54. The Morgan fingerprint density at radius 2 is 1.92 bits per heavy atom. The van der Waals surface area contributed by atoms with Crippen molar-refractivity contribution in [2.24, 2.45) is 0 Å². The summed E-state index contributed by atoms with van der Waals surface area (Å²) >= 11 is 0. The number of hydrogen-bond acceptors (Lipinski definition) is 3. The zero-order valence-corrected chi connectivity index (χ0v) is 15.4. The number of para-hydroxylation sites is 1. The highest BCUT2D eigenvalue weighted by atomic mass is 32.2.